The molecule has 2 atom stereocenters. The number of carbonyl (C=O) groups is 4. The van der Waals surface area contributed by atoms with Crippen LogP contribution in [-0.4, -0.2) is 75.9 Å². The van der Waals surface area contributed by atoms with Crippen LogP contribution in [0.2, 0.25) is 0 Å². The van der Waals surface area contributed by atoms with E-state index in [1.165, 1.54) is 0 Å². The van der Waals surface area contributed by atoms with Crippen LogP contribution in [0.1, 0.15) is 87.0 Å². The van der Waals surface area contributed by atoms with Gasteiger partial charge in [0.25, 0.3) is 0 Å². The molecule has 0 heterocycles. The van der Waals surface area contributed by atoms with Gasteiger partial charge in [0.15, 0.2) is 0 Å². The number of nitrogens with two attached hydrogens (primary N) is 1. The number of nitrogens with one attached hydrogen (secondary N) is 4. The molecule has 0 aliphatic rings. The molecule has 11 heteroatoms. The molecular weight excluding hydrogens is 502 g/mol. The predicted octanol–water partition coefficient (Wildman–Crippen LogP) is 2.47. The number of urea groups is 1. The predicted molar refractivity (Wildman–Crippen MR) is 153 cm³/mol. The van der Waals surface area contributed by atoms with Gasteiger partial charge in [0, 0.05) is 37.5 Å². The van der Waals surface area contributed by atoms with Crippen LogP contribution in [0.15, 0.2) is 0 Å². The molecule has 39 heavy (non-hydrogen) atoms. The molecule has 0 spiro atoms. The van der Waals surface area contributed by atoms with Gasteiger partial charge in [0.1, 0.15) is 12.1 Å². The summed E-state index contributed by atoms with van der Waals surface area (Å²) in [5, 5.41) is 11.1. The van der Waals surface area contributed by atoms with E-state index in [2.05, 4.69) is 42.0 Å². The van der Waals surface area contributed by atoms with Crippen LogP contribution >= 0.6 is 0 Å². The fourth-order valence-electron chi connectivity index (χ4n) is 3.90. The first-order valence-corrected chi connectivity index (χ1v) is 14.1. The third-order valence-corrected chi connectivity index (χ3v) is 6.14. The van der Waals surface area contributed by atoms with Crippen molar-refractivity contribution in [3.63, 3.8) is 0 Å². The number of amides is 5. The molecule has 5 amide bonds. The van der Waals surface area contributed by atoms with Crippen LogP contribution in [0.5, 0.6) is 0 Å². The standard InChI is InChI=1S/C28H55N5O6/c1-9-10-11-14-22(34)33-23(20(2)3)25(36)32-21(13-12-15-30-26(29)37)24(35)31-16-27(4,5)18-39-19-28(6,7)17-38-8/h20-21,23H,9-19H2,1-8H3,(H,31,35)(H,32,36)(H,33,34)(H3,29,30,37)/t21-,23-/m0/s1. The lowest BCUT2D eigenvalue weighted by Crippen LogP contribution is -2.56. The average Bonchev–Trinajstić information content (AvgIpc) is 2.82. The van der Waals surface area contributed by atoms with Crippen molar-refractivity contribution in [3.8, 4) is 0 Å². The fraction of sp³-hybridized carbons (Fsp3) is 0.857. The van der Waals surface area contributed by atoms with E-state index in [4.69, 9.17) is 15.2 Å². The maximum Gasteiger partial charge on any atom is 0.312 e. The second-order valence-corrected chi connectivity index (χ2v) is 12.2. The zero-order chi connectivity index (χ0) is 30.1. The number of carbonyl (C=O) groups excluding carboxylic acids is 4. The Morgan fingerprint density at radius 2 is 1.49 bits per heavy atom. The Labute approximate surface area is 235 Å². The summed E-state index contributed by atoms with van der Waals surface area (Å²) in [6.07, 6.45) is 3.77. The van der Waals surface area contributed by atoms with Crippen molar-refractivity contribution in [3.05, 3.63) is 0 Å². The summed E-state index contributed by atoms with van der Waals surface area (Å²) in [6, 6.07) is -2.26. The third kappa shape index (κ3) is 17.7. The smallest absolute Gasteiger partial charge is 0.312 e. The Bertz CT molecular complexity index is 757. The van der Waals surface area contributed by atoms with Crippen molar-refractivity contribution in [1.82, 2.24) is 21.3 Å². The van der Waals surface area contributed by atoms with Crippen LogP contribution in [0.4, 0.5) is 4.79 Å². The summed E-state index contributed by atoms with van der Waals surface area (Å²) in [6.45, 7) is 16.0. The Balaban J connectivity index is 5.22. The summed E-state index contributed by atoms with van der Waals surface area (Å²) in [5.74, 6) is -1.11. The minimum Gasteiger partial charge on any atom is -0.384 e. The summed E-state index contributed by atoms with van der Waals surface area (Å²) in [4.78, 5) is 49.8. The molecule has 0 saturated heterocycles. The van der Waals surface area contributed by atoms with Gasteiger partial charge >= 0.3 is 6.03 Å². The molecule has 0 bridgehead atoms. The SMILES string of the molecule is CCCCCC(=O)N[C@H](C(=O)N[C@@H](CCCNC(N)=O)C(=O)NCC(C)(C)COCC(C)(C)COC)C(C)C. The second kappa shape index (κ2) is 18.8. The van der Waals surface area contributed by atoms with Crippen LogP contribution in [0, 0.1) is 16.7 Å². The number of primary amides is 1. The number of unbranched alkanes of at least 4 members (excludes halogenated alkanes) is 2. The monoisotopic (exact) mass is 557 g/mol. The van der Waals surface area contributed by atoms with E-state index in [0.29, 0.717) is 39.2 Å². The van der Waals surface area contributed by atoms with Crippen LogP contribution in [-0.2, 0) is 23.9 Å². The van der Waals surface area contributed by atoms with Crippen LogP contribution in [0.25, 0.3) is 0 Å². The first-order valence-electron chi connectivity index (χ1n) is 14.1. The molecule has 0 aliphatic carbocycles. The highest BCUT2D eigenvalue weighted by Gasteiger charge is 2.30. The number of rotatable bonds is 21. The minimum atomic E-state index is -0.845. The minimum absolute atomic E-state index is 0.124. The highest BCUT2D eigenvalue weighted by molar-refractivity contribution is 5.92. The summed E-state index contributed by atoms with van der Waals surface area (Å²) in [5.41, 5.74) is 4.66. The van der Waals surface area contributed by atoms with Crippen LogP contribution < -0.4 is 27.0 Å². The molecule has 0 unspecified atom stereocenters. The third-order valence-electron chi connectivity index (χ3n) is 6.14. The van der Waals surface area contributed by atoms with Gasteiger partial charge < -0.3 is 36.5 Å². The Kier molecular flexibility index (Phi) is 17.7. The van der Waals surface area contributed by atoms with E-state index in [-0.39, 0.29) is 41.5 Å². The molecular formula is C28H55N5O6. The zero-order valence-electron chi connectivity index (χ0n) is 25.5. The summed E-state index contributed by atoms with van der Waals surface area (Å²) >= 11 is 0. The van der Waals surface area contributed by atoms with E-state index in [9.17, 15) is 19.2 Å². The normalized spacial score (nSPS) is 13.5. The molecule has 0 rings (SSSR count). The lowest BCUT2D eigenvalue weighted by atomic mass is 9.93. The van der Waals surface area contributed by atoms with E-state index in [1.807, 2.05) is 27.7 Å². The average molecular weight is 558 g/mol. The summed E-state index contributed by atoms with van der Waals surface area (Å²) in [7, 11) is 1.66. The molecule has 0 aromatic heterocycles. The number of hydrogen-bond acceptors (Lipinski definition) is 6. The van der Waals surface area contributed by atoms with E-state index in [0.717, 1.165) is 19.3 Å². The fourth-order valence-corrected chi connectivity index (χ4v) is 3.90. The molecule has 0 saturated carbocycles. The Hall–Kier alpha value is -2.40. The largest absolute Gasteiger partial charge is 0.384 e. The molecule has 0 radical (unpaired) electrons. The first-order chi connectivity index (χ1) is 18.1. The van der Waals surface area contributed by atoms with Gasteiger partial charge in [-0.25, -0.2) is 4.79 Å². The van der Waals surface area contributed by atoms with Crippen molar-refractivity contribution in [1.29, 1.82) is 0 Å². The van der Waals surface area contributed by atoms with Crippen molar-refractivity contribution in [2.75, 3.05) is 40.0 Å². The number of methoxy groups -OCH3 is 1. The lowest BCUT2D eigenvalue weighted by molar-refractivity contribution is -0.133. The number of hydrogen-bond donors (Lipinski definition) is 5. The van der Waals surface area contributed by atoms with Crippen LogP contribution in [0.3, 0.4) is 0 Å². The van der Waals surface area contributed by atoms with Gasteiger partial charge in [-0.05, 0) is 25.2 Å². The van der Waals surface area contributed by atoms with Crippen molar-refractivity contribution in [2.24, 2.45) is 22.5 Å². The highest BCUT2D eigenvalue weighted by atomic mass is 16.5. The Morgan fingerprint density at radius 3 is 2.05 bits per heavy atom. The van der Waals surface area contributed by atoms with Gasteiger partial charge in [-0.2, -0.15) is 0 Å². The van der Waals surface area contributed by atoms with E-state index < -0.39 is 24.0 Å². The molecule has 0 aromatic carbocycles. The molecule has 0 aliphatic heterocycles. The maximum absolute atomic E-state index is 13.2. The number of ether oxygens (including phenoxy) is 2. The van der Waals surface area contributed by atoms with E-state index in [1.54, 1.807) is 7.11 Å². The van der Waals surface area contributed by atoms with Gasteiger partial charge in [0.05, 0.1) is 19.8 Å². The highest BCUT2D eigenvalue weighted by Crippen LogP contribution is 2.19. The van der Waals surface area contributed by atoms with Crippen molar-refractivity contribution in [2.45, 2.75) is 99.1 Å². The van der Waals surface area contributed by atoms with Crippen molar-refractivity contribution >= 4 is 23.8 Å². The van der Waals surface area contributed by atoms with Gasteiger partial charge in [-0.3, -0.25) is 14.4 Å². The molecule has 6 N–H and O–H groups in total. The Morgan fingerprint density at radius 1 is 0.846 bits per heavy atom. The quantitative estimate of drug-likeness (QED) is 0.136. The first kappa shape index (κ1) is 36.6. The molecule has 11 nitrogen and oxygen atoms in total. The lowest BCUT2D eigenvalue weighted by Gasteiger charge is -2.30. The maximum atomic E-state index is 13.2. The molecule has 228 valence electrons. The topological polar surface area (TPSA) is 161 Å². The zero-order valence-corrected chi connectivity index (χ0v) is 25.5. The van der Waals surface area contributed by atoms with E-state index >= 15 is 0 Å². The van der Waals surface area contributed by atoms with Gasteiger partial charge in [-0.15, -0.1) is 0 Å². The summed E-state index contributed by atoms with van der Waals surface area (Å²) < 4.78 is 11.1. The van der Waals surface area contributed by atoms with Crippen molar-refractivity contribution < 1.29 is 28.7 Å². The molecule has 0 fully saturated rings. The molecule has 0 aromatic rings. The van der Waals surface area contributed by atoms with Gasteiger partial charge in [0.2, 0.25) is 17.7 Å². The second-order valence-electron chi connectivity index (χ2n) is 12.2. The van der Waals surface area contributed by atoms with Gasteiger partial charge in [-0.1, -0.05) is 61.3 Å².